The van der Waals surface area contributed by atoms with Crippen molar-refractivity contribution < 1.29 is 14.0 Å². The van der Waals surface area contributed by atoms with Crippen LogP contribution in [0.3, 0.4) is 0 Å². The molecule has 0 saturated carbocycles. The summed E-state index contributed by atoms with van der Waals surface area (Å²) in [5, 5.41) is 8.49. The molecule has 2 amide bonds. The van der Waals surface area contributed by atoms with Gasteiger partial charge in [-0.2, -0.15) is 0 Å². The van der Waals surface area contributed by atoms with Gasteiger partial charge in [0.05, 0.1) is 0 Å². The van der Waals surface area contributed by atoms with Crippen molar-refractivity contribution in [1.82, 2.24) is 14.9 Å². The molecule has 1 N–H and O–H groups in total. The first kappa shape index (κ1) is 22.6. The number of carbonyl (C=O) groups excluding carboxylic acids is 2. The molecule has 3 rings (SSSR count). The molecule has 0 bridgehead atoms. The number of amides is 2. The van der Waals surface area contributed by atoms with Gasteiger partial charge >= 0.3 is 0 Å². The van der Waals surface area contributed by atoms with Gasteiger partial charge in [0.2, 0.25) is 5.91 Å². The fraction of sp³-hybridized carbons (Fsp3) is 0.304. The molecule has 1 atom stereocenters. The van der Waals surface area contributed by atoms with E-state index in [1.54, 1.807) is 17.5 Å². The van der Waals surface area contributed by atoms with Crippen LogP contribution >= 0.6 is 11.5 Å². The second-order valence-electron chi connectivity index (χ2n) is 7.93. The summed E-state index contributed by atoms with van der Waals surface area (Å²) in [6.45, 7) is 7.66. The van der Waals surface area contributed by atoms with Crippen LogP contribution in [0.15, 0.2) is 53.9 Å². The maximum absolute atomic E-state index is 13.6. The van der Waals surface area contributed by atoms with Crippen molar-refractivity contribution in [3.8, 4) is 0 Å². The van der Waals surface area contributed by atoms with Crippen LogP contribution in [0.1, 0.15) is 54.8 Å². The summed E-state index contributed by atoms with van der Waals surface area (Å²) >= 11 is 1.06. The number of anilines is 1. The Hall–Kier alpha value is -3.13. The normalized spacial score (nSPS) is 12.3. The second-order valence-corrected chi connectivity index (χ2v) is 8.54. The zero-order valence-corrected chi connectivity index (χ0v) is 18.7. The number of rotatable bonds is 7. The van der Waals surface area contributed by atoms with E-state index in [-0.39, 0.29) is 11.6 Å². The van der Waals surface area contributed by atoms with Gasteiger partial charge in [-0.3, -0.25) is 14.5 Å². The third-order valence-electron chi connectivity index (χ3n) is 5.21. The second kappa shape index (κ2) is 9.34. The lowest BCUT2D eigenvalue weighted by Crippen LogP contribution is -2.50. The van der Waals surface area contributed by atoms with Crippen molar-refractivity contribution >= 4 is 29.0 Å². The molecular formula is C23H25FN4O2S. The number of hydrogen-bond acceptors (Lipinski definition) is 5. The molecule has 1 unspecified atom stereocenters. The van der Waals surface area contributed by atoms with Crippen molar-refractivity contribution in [2.24, 2.45) is 0 Å². The average Bonchev–Trinajstić information content (AvgIpc) is 3.28. The smallest absolute Gasteiger partial charge is 0.280 e. The van der Waals surface area contributed by atoms with E-state index in [2.05, 4.69) is 14.9 Å². The zero-order chi connectivity index (χ0) is 22.6. The molecule has 0 aliphatic rings. The van der Waals surface area contributed by atoms with Crippen LogP contribution in [0.4, 0.5) is 10.1 Å². The standard InChI is InChI=1S/C23H25FN4O2S/c1-5-23(3,4)25-21(29)20(16-10-12-17(24)13-11-16)28(19-9-7-6-8-15(19)2)22(30)18-14-31-27-26-18/h6-14,20H,5H2,1-4H3,(H,25,29). The molecule has 0 radical (unpaired) electrons. The van der Waals surface area contributed by atoms with Crippen LogP contribution in [0, 0.1) is 12.7 Å². The van der Waals surface area contributed by atoms with E-state index in [0.29, 0.717) is 17.7 Å². The molecule has 6 nitrogen and oxygen atoms in total. The molecule has 1 heterocycles. The van der Waals surface area contributed by atoms with Crippen molar-refractivity contribution in [3.63, 3.8) is 0 Å². The first-order valence-electron chi connectivity index (χ1n) is 9.97. The minimum atomic E-state index is -1.03. The fourth-order valence-electron chi connectivity index (χ4n) is 3.13. The van der Waals surface area contributed by atoms with E-state index in [4.69, 9.17) is 0 Å². The number of benzene rings is 2. The highest BCUT2D eigenvalue weighted by Gasteiger charge is 2.36. The SMILES string of the molecule is CCC(C)(C)NC(=O)C(c1ccc(F)cc1)N(C(=O)c1csnn1)c1ccccc1C. The van der Waals surface area contributed by atoms with Gasteiger partial charge in [0.25, 0.3) is 5.91 Å². The number of para-hydroxylation sites is 1. The number of hydrogen-bond donors (Lipinski definition) is 1. The first-order chi connectivity index (χ1) is 14.7. The summed E-state index contributed by atoms with van der Waals surface area (Å²) in [6.07, 6.45) is 0.698. The molecule has 0 saturated heterocycles. The quantitative estimate of drug-likeness (QED) is 0.579. The predicted octanol–water partition coefficient (Wildman–Crippen LogP) is 4.68. The summed E-state index contributed by atoms with van der Waals surface area (Å²) in [5.41, 5.74) is 1.53. The van der Waals surface area contributed by atoms with E-state index in [1.807, 2.05) is 39.8 Å². The highest BCUT2D eigenvalue weighted by atomic mass is 32.1. The van der Waals surface area contributed by atoms with E-state index < -0.39 is 23.3 Å². The lowest BCUT2D eigenvalue weighted by molar-refractivity contribution is -0.124. The molecule has 2 aromatic carbocycles. The Labute approximate surface area is 185 Å². The summed E-state index contributed by atoms with van der Waals surface area (Å²) in [7, 11) is 0. The largest absolute Gasteiger partial charge is 0.349 e. The van der Waals surface area contributed by atoms with Gasteiger partial charge in [0, 0.05) is 16.6 Å². The molecule has 0 aliphatic carbocycles. The van der Waals surface area contributed by atoms with Crippen LogP contribution in [-0.2, 0) is 4.79 Å². The lowest BCUT2D eigenvalue weighted by atomic mass is 9.97. The van der Waals surface area contributed by atoms with Gasteiger partial charge in [0.1, 0.15) is 11.9 Å². The van der Waals surface area contributed by atoms with Crippen molar-refractivity contribution in [3.05, 3.63) is 76.5 Å². The van der Waals surface area contributed by atoms with Gasteiger partial charge in [-0.15, -0.1) is 5.10 Å². The molecule has 0 fully saturated rings. The van der Waals surface area contributed by atoms with Gasteiger partial charge < -0.3 is 5.32 Å². The van der Waals surface area contributed by atoms with E-state index in [0.717, 1.165) is 17.1 Å². The van der Waals surface area contributed by atoms with Crippen LogP contribution in [0.5, 0.6) is 0 Å². The van der Waals surface area contributed by atoms with Crippen molar-refractivity contribution in [2.75, 3.05) is 4.90 Å². The van der Waals surface area contributed by atoms with Crippen LogP contribution < -0.4 is 10.2 Å². The van der Waals surface area contributed by atoms with Crippen LogP contribution in [-0.4, -0.2) is 26.9 Å². The van der Waals surface area contributed by atoms with Crippen molar-refractivity contribution in [2.45, 2.75) is 45.7 Å². The molecule has 0 spiro atoms. The van der Waals surface area contributed by atoms with E-state index in [9.17, 15) is 14.0 Å². The highest BCUT2D eigenvalue weighted by molar-refractivity contribution is 7.03. The Morgan fingerprint density at radius 1 is 1.16 bits per heavy atom. The third kappa shape index (κ3) is 5.14. The van der Waals surface area contributed by atoms with E-state index >= 15 is 0 Å². The number of aryl methyl sites for hydroxylation is 1. The summed E-state index contributed by atoms with van der Waals surface area (Å²) in [6, 6.07) is 11.9. The number of nitrogens with zero attached hydrogens (tertiary/aromatic N) is 3. The van der Waals surface area contributed by atoms with Gasteiger partial charge in [-0.1, -0.05) is 41.7 Å². The minimum Gasteiger partial charge on any atom is -0.349 e. The number of halogens is 1. The molecule has 1 aromatic heterocycles. The van der Waals surface area contributed by atoms with Crippen LogP contribution in [0.2, 0.25) is 0 Å². The Bertz CT molecular complexity index is 1050. The van der Waals surface area contributed by atoms with Gasteiger partial charge in [0.15, 0.2) is 5.69 Å². The van der Waals surface area contributed by atoms with Gasteiger partial charge in [-0.05, 0) is 68.1 Å². The topological polar surface area (TPSA) is 75.2 Å². The molecule has 0 aliphatic heterocycles. The summed E-state index contributed by atoms with van der Waals surface area (Å²) in [5.74, 6) is -1.24. The Morgan fingerprint density at radius 3 is 2.42 bits per heavy atom. The van der Waals surface area contributed by atoms with E-state index in [1.165, 1.54) is 29.2 Å². The average molecular weight is 441 g/mol. The maximum atomic E-state index is 13.6. The molecule has 31 heavy (non-hydrogen) atoms. The first-order valence-corrected chi connectivity index (χ1v) is 10.8. The highest BCUT2D eigenvalue weighted by Crippen LogP contribution is 2.32. The predicted molar refractivity (Wildman–Crippen MR) is 120 cm³/mol. The Balaban J connectivity index is 2.19. The minimum absolute atomic E-state index is 0.142. The molecular weight excluding hydrogens is 415 g/mol. The molecule has 8 heteroatoms. The number of carbonyl (C=O) groups is 2. The fourth-order valence-corrected chi connectivity index (χ4v) is 3.56. The Morgan fingerprint density at radius 2 is 1.84 bits per heavy atom. The summed E-state index contributed by atoms with van der Waals surface area (Å²) in [4.78, 5) is 28.5. The third-order valence-corrected chi connectivity index (χ3v) is 5.72. The zero-order valence-electron chi connectivity index (χ0n) is 17.9. The van der Waals surface area contributed by atoms with Crippen molar-refractivity contribution in [1.29, 1.82) is 0 Å². The van der Waals surface area contributed by atoms with Gasteiger partial charge in [-0.25, -0.2) is 4.39 Å². The Kier molecular flexibility index (Phi) is 6.80. The monoisotopic (exact) mass is 440 g/mol. The maximum Gasteiger partial charge on any atom is 0.280 e. The molecule has 3 aromatic rings. The molecule has 162 valence electrons. The lowest BCUT2D eigenvalue weighted by Gasteiger charge is -2.35. The van der Waals surface area contributed by atoms with Crippen LogP contribution in [0.25, 0.3) is 0 Å². The number of aromatic nitrogens is 2. The number of nitrogens with one attached hydrogen (secondary N) is 1. The summed E-state index contributed by atoms with van der Waals surface area (Å²) < 4.78 is 17.4.